The van der Waals surface area contributed by atoms with Gasteiger partial charge in [-0.15, -0.1) is 0 Å². The molecule has 6 heterocycles. The van der Waals surface area contributed by atoms with E-state index in [0.717, 1.165) is 120 Å². The zero-order chi connectivity index (χ0) is 53.4. The number of anilines is 3. The molecule has 4 aliphatic rings. The third kappa shape index (κ3) is 11.5. The van der Waals surface area contributed by atoms with Crippen LogP contribution in [0.15, 0.2) is 91.0 Å². The van der Waals surface area contributed by atoms with Crippen molar-refractivity contribution in [2.45, 2.75) is 116 Å². The van der Waals surface area contributed by atoms with Gasteiger partial charge >= 0.3 is 5.97 Å². The van der Waals surface area contributed by atoms with Gasteiger partial charge in [-0.05, 0) is 162 Å². The first-order chi connectivity index (χ1) is 37.2. The van der Waals surface area contributed by atoms with Crippen LogP contribution in [0, 0.1) is 12.8 Å². The van der Waals surface area contributed by atoms with E-state index in [1.54, 1.807) is 0 Å². The lowest BCUT2D eigenvalue weighted by atomic mass is 9.84. The SMILES string of the molecule is Cc1c(O[C@H]2CC[C@H](CCCCN3CCN(c4ccc5c(C6CCC(=O)NC6=O)nn(C)c5c4)CC3)CC2)cccc1-c1ccc(N2CCc3cccc(C(=O)Nc4nc5ccccc5s4)c3C2)nc1C(=O)OC(C)(C)C. The lowest BCUT2D eigenvalue weighted by Gasteiger charge is -2.36. The molecular formula is C61H69N9O6S. The van der Waals surface area contributed by atoms with Crippen molar-refractivity contribution in [1.82, 2.24) is 30.0 Å². The van der Waals surface area contributed by atoms with Crippen molar-refractivity contribution >= 4 is 72.8 Å². The van der Waals surface area contributed by atoms with Crippen LogP contribution in [-0.2, 0) is 34.3 Å². The van der Waals surface area contributed by atoms with Crippen molar-refractivity contribution in [2.75, 3.05) is 54.4 Å². The summed E-state index contributed by atoms with van der Waals surface area (Å²) in [5, 5.41) is 11.8. The summed E-state index contributed by atoms with van der Waals surface area (Å²) in [6.45, 7) is 13.9. The van der Waals surface area contributed by atoms with E-state index >= 15 is 0 Å². The number of fused-ring (bicyclic) bond motifs is 3. The van der Waals surface area contributed by atoms with E-state index in [1.807, 2.05) is 99.2 Å². The minimum Gasteiger partial charge on any atom is -0.490 e. The van der Waals surface area contributed by atoms with Crippen LogP contribution in [0.1, 0.15) is 128 Å². The molecule has 3 aliphatic heterocycles. The van der Waals surface area contributed by atoms with Gasteiger partial charge in [0.15, 0.2) is 10.8 Å². The number of unbranched alkanes of at least 4 members (excludes halogenated alkanes) is 1. The number of piperidine rings is 1. The Kier molecular flexibility index (Phi) is 14.9. The van der Waals surface area contributed by atoms with Crippen LogP contribution in [-0.4, -0.2) is 99.3 Å². The molecule has 2 saturated heterocycles. The fourth-order valence-corrected chi connectivity index (χ4v) is 12.7. The number of carbonyl (C=O) groups is 4. The van der Waals surface area contributed by atoms with E-state index in [1.165, 1.54) is 36.3 Å². The van der Waals surface area contributed by atoms with Crippen LogP contribution >= 0.6 is 11.3 Å². The minimum absolute atomic E-state index is 0.128. The topological polar surface area (TPSA) is 164 Å². The molecule has 77 heavy (non-hydrogen) atoms. The predicted octanol–water partition coefficient (Wildman–Crippen LogP) is 10.8. The Hall–Kier alpha value is -7.17. The summed E-state index contributed by atoms with van der Waals surface area (Å²) < 4.78 is 15.7. The van der Waals surface area contributed by atoms with Gasteiger partial charge in [0, 0.05) is 74.9 Å². The molecule has 400 valence electrons. The van der Waals surface area contributed by atoms with Crippen LogP contribution < -0.4 is 25.2 Å². The van der Waals surface area contributed by atoms with Crippen molar-refractivity contribution < 1.29 is 28.7 Å². The summed E-state index contributed by atoms with van der Waals surface area (Å²) in [4.78, 5) is 69.2. The van der Waals surface area contributed by atoms with Crippen LogP contribution in [0.4, 0.5) is 16.6 Å². The van der Waals surface area contributed by atoms with Gasteiger partial charge in [-0.25, -0.2) is 14.8 Å². The number of esters is 1. The number of aromatic nitrogens is 4. The molecule has 2 N–H and O–H groups in total. The number of piperazine rings is 1. The summed E-state index contributed by atoms with van der Waals surface area (Å²) in [5.41, 5.74) is 8.47. The number of hydrogen-bond donors (Lipinski definition) is 2. The third-order valence-electron chi connectivity index (χ3n) is 16.0. The number of thiazole rings is 1. The average Bonchev–Trinajstić information content (AvgIpc) is 4.09. The zero-order valence-electron chi connectivity index (χ0n) is 44.9. The normalized spacial score (nSPS) is 19.3. The number of benzene rings is 4. The molecule has 16 heteroatoms. The van der Waals surface area contributed by atoms with Crippen LogP contribution in [0.25, 0.3) is 32.2 Å². The molecular weight excluding hydrogens is 987 g/mol. The number of rotatable bonds is 14. The molecule has 3 fully saturated rings. The summed E-state index contributed by atoms with van der Waals surface area (Å²) in [6.07, 6.45) is 9.69. The van der Waals surface area contributed by atoms with Crippen LogP contribution in [0.5, 0.6) is 5.75 Å². The van der Waals surface area contributed by atoms with E-state index in [9.17, 15) is 19.2 Å². The second-order valence-electron chi connectivity index (χ2n) is 22.4. The summed E-state index contributed by atoms with van der Waals surface area (Å²) in [5.74, 6) is 0.609. The molecule has 7 aromatic rings. The van der Waals surface area contributed by atoms with Gasteiger partial charge < -0.3 is 19.3 Å². The van der Waals surface area contributed by atoms with Gasteiger partial charge in [0.1, 0.15) is 17.2 Å². The molecule has 3 aromatic heterocycles. The first-order valence-corrected chi connectivity index (χ1v) is 28.3. The van der Waals surface area contributed by atoms with Crippen molar-refractivity contribution in [3.63, 3.8) is 0 Å². The Bertz CT molecular complexity index is 3330. The maximum Gasteiger partial charge on any atom is 0.358 e. The maximum atomic E-state index is 14.1. The quantitative estimate of drug-likeness (QED) is 0.0603. The van der Waals surface area contributed by atoms with Crippen LogP contribution in [0.2, 0.25) is 0 Å². The lowest BCUT2D eigenvalue weighted by molar-refractivity contribution is -0.134. The number of nitrogens with one attached hydrogen (secondary N) is 2. The number of carbonyl (C=O) groups excluding carboxylic acids is 4. The number of pyridine rings is 1. The molecule has 1 unspecified atom stereocenters. The van der Waals surface area contributed by atoms with E-state index in [0.29, 0.717) is 53.9 Å². The highest BCUT2D eigenvalue weighted by molar-refractivity contribution is 7.22. The van der Waals surface area contributed by atoms with Gasteiger partial charge in [0.05, 0.1) is 33.4 Å². The molecule has 15 nitrogen and oxygen atoms in total. The highest BCUT2D eigenvalue weighted by Gasteiger charge is 2.33. The maximum absolute atomic E-state index is 14.1. The highest BCUT2D eigenvalue weighted by Crippen LogP contribution is 2.39. The van der Waals surface area contributed by atoms with Crippen molar-refractivity contribution in [2.24, 2.45) is 13.0 Å². The molecule has 0 spiro atoms. The third-order valence-corrected chi connectivity index (χ3v) is 16.9. The molecule has 0 bridgehead atoms. The van der Waals surface area contributed by atoms with Gasteiger partial charge in [-0.3, -0.25) is 34.6 Å². The molecule has 4 aromatic carbocycles. The smallest absolute Gasteiger partial charge is 0.358 e. The van der Waals surface area contributed by atoms with Gasteiger partial charge in [-0.2, -0.15) is 5.10 Å². The largest absolute Gasteiger partial charge is 0.490 e. The number of nitrogens with zero attached hydrogens (tertiary/aromatic N) is 7. The predicted molar refractivity (Wildman–Crippen MR) is 303 cm³/mol. The first-order valence-electron chi connectivity index (χ1n) is 27.5. The van der Waals surface area contributed by atoms with Gasteiger partial charge in [0.2, 0.25) is 11.8 Å². The monoisotopic (exact) mass is 1060 g/mol. The lowest BCUT2D eigenvalue weighted by Crippen LogP contribution is -2.46. The highest BCUT2D eigenvalue weighted by atomic mass is 32.1. The van der Waals surface area contributed by atoms with E-state index in [2.05, 4.69) is 61.5 Å². The number of amides is 3. The summed E-state index contributed by atoms with van der Waals surface area (Å²) >= 11 is 1.45. The number of ether oxygens (including phenoxy) is 2. The second-order valence-corrected chi connectivity index (χ2v) is 23.4. The standard InChI is InChI=1S/C61H69N9O6S/c1-38-43(44-25-27-53(63-56(44)59(74)76-61(2,3)4)70-31-29-40-13-10-15-45(48(40)37-70)57(72)65-60-62-49-16-6-7-18-52(49)77-60)14-11-17-51(38)75-42-22-19-39(20-23-42)12-8-9-30-68-32-34-69(35-33-68)41-21-24-46-50(36-41)67(5)66-55(46)47-26-28-54(71)64-58(47)73/h6-7,10-11,13-18,21,24-25,27,36,39,42,47H,8-9,12,19-20,22-23,26,28-35,37H2,1-5H3,(H,62,65,72)(H,64,71,73)/t39-,42-,47?. The number of hydrogen-bond acceptors (Lipinski definition) is 13. The Labute approximate surface area is 454 Å². The Balaban J connectivity index is 0.676. The average molecular weight is 1060 g/mol. The fraction of sp³-hybridized carbons (Fsp3) is 0.426. The number of para-hydroxylation sites is 1. The van der Waals surface area contributed by atoms with Gasteiger partial charge in [0.25, 0.3) is 5.91 Å². The molecule has 1 saturated carbocycles. The summed E-state index contributed by atoms with van der Waals surface area (Å²) in [6, 6.07) is 30.2. The van der Waals surface area contributed by atoms with Gasteiger partial charge in [-0.1, -0.05) is 60.6 Å². The van der Waals surface area contributed by atoms with E-state index < -0.39 is 17.5 Å². The molecule has 0 radical (unpaired) electrons. The zero-order valence-corrected chi connectivity index (χ0v) is 45.7. The Morgan fingerprint density at radius 3 is 2.42 bits per heavy atom. The van der Waals surface area contributed by atoms with E-state index in [-0.39, 0.29) is 29.5 Å². The first kappa shape index (κ1) is 51.9. The summed E-state index contributed by atoms with van der Waals surface area (Å²) in [7, 11) is 1.93. The van der Waals surface area contributed by atoms with Crippen molar-refractivity contribution in [3.05, 3.63) is 125 Å². The van der Waals surface area contributed by atoms with Crippen molar-refractivity contribution in [1.29, 1.82) is 0 Å². The fourth-order valence-electron chi connectivity index (χ4n) is 11.8. The molecule has 1 aliphatic carbocycles. The Morgan fingerprint density at radius 2 is 1.62 bits per heavy atom. The number of imide groups is 1. The second kappa shape index (κ2) is 22.1. The minimum atomic E-state index is -0.730. The molecule has 3 amide bonds. The van der Waals surface area contributed by atoms with Crippen LogP contribution in [0.3, 0.4) is 0 Å². The number of aryl methyl sites for hydroxylation is 1. The molecule has 11 rings (SSSR count). The molecule has 1 atom stereocenters. The van der Waals surface area contributed by atoms with Crippen molar-refractivity contribution in [3.8, 4) is 16.9 Å². The van der Waals surface area contributed by atoms with E-state index in [4.69, 9.17) is 19.6 Å². The Morgan fingerprint density at radius 1 is 0.818 bits per heavy atom.